The topological polar surface area (TPSA) is 40.5 Å². The second kappa shape index (κ2) is 5.66. The van der Waals surface area contributed by atoms with E-state index in [4.69, 9.17) is 0 Å². The predicted octanol–water partition coefficient (Wildman–Crippen LogP) is 2.36. The maximum atomic E-state index is 9.44. The van der Waals surface area contributed by atoms with Gasteiger partial charge in [-0.2, -0.15) is 0 Å². The molecule has 0 saturated heterocycles. The molecule has 0 heterocycles. The molecule has 0 aromatic heterocycles. The molecule has 0 radical (unpaired) electrons. The highest BCUT2D eigenvalue weighted by atomic mass is 16.4. The summed E-state index contributed by atoms with van der Waals surface area (Å²) >= 11 is 0. The molecule has 1 aromatic carbocycles. The van der Waals surface area contributed by atoms with Gasteiger partial charge in [-0.3, -0.25) is 0 Å². The smallest absolute Gasteiger partial charge is 0.423 e. The summed E-state index contributed by atoms with van der Waals surface area (Å²) in [6.07, 6.45) is 9.81. The first-order chi connectivity index (χ1) is 8.27. The van der Waals surface area contributed by atoms with Gasteiger partial charge >= 0.3 is 7.12 Å². The first kappa shape index (κ1) is 11.9. The normalized spacial score (nSPS) is 15.6. The quantitative estimate of drug-likeness (QED) is 0.776. The van der Waals surface area contributed by atoms with E-state index in [9.17, 15) is 10.0 Å². The third-order valence-corrected chi connectivity index (χ3v) is 2.73. The lowest BCUT2D eigenvalue weighted by molar-refractivity contribution is 0.420. The third-order valence-electron chi connectivity index (χ3n) is 2.73. The van der Waals surface area contributed by atoms with E-state index in [1.54, 1.807) is 0 Å². The fourth-order valence-electron chi connectivity index (χ4n) is 1.86. The van der Waals surface area contributed by atoms with E-state index in [1.807, 2.05) is 48.6 Å². The Labute approximate surface area is 102 Å². The Morgan fingerprint density at radius 2 is 1.88 bits per heavy atom. The van der Waals surface area contributed by atoms with Gasteiger partial charge in [-0.15, -0.1) is 0 Å². The van der Waals surface area contributed by atoms with Crippen LogP contribution in [-0.4, -0.2) is 17.2 Å². The van der Waals surface area contributed by atoms with Crippen LogP contribution in [0.15, 0.2) is 59.6 Å². The summed E-state index contributed by atoms with van der Waals surface area (Å²) in [7, 11) is -1.44. The first-order valence-electron chi connectivity index (χ1n) is 5.77. The Morgan fingerprint density at radius 3 is 2.47 bits per heavy atom. The zero-order valence-electron chi connectivity index (χ0n) is 9.58. The van der Waals surface area contributed by atoms with Crippen molar-refractivity contribution in [2.75, 3.05) is 0 Å². The van der Waals surface area contributed by atoms with Crippen LogP contribution in [0.4, 0.5) is 0 Å². The molecule has 0 fully saturated rings. The second-order valence-electron chi connectivity index (χ2n) is 4.02. The number of benzene rings is 1. The summed E-state index contributed by atoms with van der Waals surface area (Å²) in [6, 6.07) is 9.67. The van der Waals surface area contributed by atoms with Crippen molar-refractivity contribution in [2.45, 2.75) is 12.8 Å². The van der Waals surface area contributed by atoms with Gasteiger partial charge in [-0.25, -0.2) is 0 Å². The fraction of sp³-hybridized carbons (Fsp3) is 0.143. The van der Waals surface area contributed by atoms with Crippen LogP contribution >= 0.6 is 0 Å². The summed E-state index contributed by atoms with van der Waals surface area (Å²) in [5.41, 5.74) is 2.41. The second-order valence-corrected chi connectivity index (χ2v) is 4.02. The van der Waals surface area contributed by atoms with Crippen LogP contribution in [0, 0.1) is 0 Å². The van der Waals surface area contributed by atoms with E-state index < -0.39 is 7.12 Å². The van der Waals surface area contributed by atoms with Gasteiger partial charge in [0.1, 0.15) is 0 Å². The number of hydrogen-bond acceptors (Lipinski definition) is 2. The highest BCUT2D eigenvalue weighted by Crippen LogP contribution is 2.21. The molecule has 17 heavy (non-hydrogen) atoms. The zero-order chi connectivity index (χ0) is 12.1. The summed E-state index contributed by atoms with van der Waals surface area (Å²) in [4.78, 5) is 0. The average Bonchev–Trinajstić information content (AvgIpc) is 2.38. The van der Waals surface area contributed by atoms with E-state index >= 15 is 0 Å². The highest BCUT2D eigenvalue weighted by molar-refractivity contribution is 6.53. The van der Waals surface area contributed by atoms with Crippen molar-refractivity contribution in [3.05, 3.63) is 65.2 Å². The molecule has 0 bridgehead atoms. The Morgan fingerprint density at radius 1 is 1.12 bits per heavy atom. The predicted molar refractivity (Wildman–Crippen MR) is 71.1 cm³/mol. The molecule has 0 spiro atoms. The standard InChI is InChI=1S/C14H15BO2/c16-15(17)14(13-9-5-2-6-10-13)11-12-7-3-1-4-8-12/h1,3-5,7-11,16-17H,2,6H2/b14-11+. The number of hydrogen-bond donors (Lipinski definition) is 2. The SMILES string of the molecule is OB(O)/C(=C/c1ccccc1)C1=CCCC=C1. The van der Waals surface area contributed by atoms with Crippen molar-refractivity contribution in [2.24, 2.45) is 0 Å². The molecule has 2 rings (SSSR count). The molecular weight excluding hydrogens is 211 g/mol. The van der Waals surface area contributed by atoms with Crippen molar-refractivity contribution < 1.29 is 10.0 Å². The molecule has 0 amide bonds. The number of rotatable bonds is 3. The third kappa shape index (κ3) is 3.19. The molecule has 0 saturated carbocycles. The van der Waals surface area contributed by atoms with Gasteiger partial charge in [0.15, 0.2) is 0 Å². The summed E-state index contributed by atoms with van der Waals surface area (Å²) in [5.74, 6) is 0. The molecule has 0 atom stereocenters. The lowest BCUT2D eigenvalue weighted by Gasteiger charge is -2.11. The van der Waals surface area contributed by atoms with E-state index in [2.05, 4.69) is 6.08 Å². The van der Waals surface area contributed by atoms with Crippen LogP contribution < -0.4 is 0 Å². The minimum Gasteiger partial charge on any atom is -0.423 e. The summed E-state index contributed by atoms with van der Waals surface area (Å²) in [5, 5.41) is 18.9. The molecule has 1 aromatic rings. The summed E-state index contributed by atoms with van der Waals surface area (Å²) < 4.78 is 0. The molecule has 2 N–H and O–H groups in total. The Bertz CT molecular complexity index is 458. The molecule has 0 aliphatic heterocycles. The minimum absolute atomic E-state index is 0.548. The molecule has 86 valence electrons. The van der Waals surface area contributed by atoms with E-state index in [-0.39, 0.29) is 0 Å². The first-order valence-corrected chi connectivity index (χ1v) is 5.77. The Kier molecular flexibility index (Phi) is 3.96. The molecule has 3 heteroatoms. The lowest BCUT2D eigenvalue weighted by Crippen LogP contribution is -2.17. The van der Waals surface area contributed by atoms with Gasteiger partial charge in [-0.1, -0.05) is 54.6 Å². The summed E-state index contributed by atoms with van der Waals surface area (Å²) in [6.45, 7) is 0. The van der Waals surface area contributed by atoms with E-state index in [0.717, 1.165) is 24.0 Å². The van der Waals surface area contributed by atoms with Crippen molar-refractivity contribution in [3.63, 3.8) is 0 Å². The van der Waals surface area contributed by atoms with E-state index in [0.29, 0.717) is 5.47 Å². The largest absolute Gasteiger partial charge is 0.489 e. The van der Waals surface area contributed by atoms with Gasteiger partial charge < -0.3 is 10.0 Å². The Hall–Kier alpha value is -1.58. The zero-order valence-corrected chi connectivity index (χ0v) is 9.58. The fourth-order valence-corrected chi connectivity index (χ4v) is 1.86. The van der Waals surface area contributed by atoms with Crippen molar-refractivity contribution in [1.29, 1.82) is 0 Å². The average molecular weight is 226 g/mol. The maximum Gasteiger partial charge on any atom is 0.489 e. The van der Waals surface area contributed by atoms with Crippen LogP contribution in [-0.2, 0) is 0 Å². The van der Waals surface area contributed by atoms with Crippen LogP contribution in [0.3, 0.4) is 0 Å². The van der Waals surface area contributed by atoms with Gasteiger partial charge in [-0.05, 0) is 29.5 Å². The van der Waals surface area contributed by atoms with Crippen LogP contribution in [0.1, 0.15) is 18.4 Å². The minimum atomic E-state index is -1.44. The van der Waals surface area contributed by atoms with Gasteiger partial charge in [0.2, 0.25) is 0 Å². The lowest BCUT2D eigenvalue weighted by atomic mass is 9.72. The monoisotopic (exact) mass is 226 g/mol. The molecule has 2 nitrogen and oxygen atoms in total. The maximum absolute atomic E-state index is 9.44. The Balaban J connectivity index is 2.32. The molecule has 1 aliphatic rings. The van der Waals surface area contributed by atoms with Crippen LogP contribution in [0.5, 0.6) is 0 Å². The molecular formula is C14H15BO2. The van der Waals surface area contributed by atoms with Gasteiger partial charge in [0.05, 0.1) is 0 Å². The van der Waals surface area contributed by atoms with Crippen molar-refractivity contribution in [1.82, 2.24) is 0 Å². The van der Waals surface area contributed by atoms with Crippen LogP contribution in [0.25, 0.3) is 6.08 Å². The molecule has 1 aliphatic carbocycles. The van der Waals surface area contributed by atoms with Crippen molar-refractivity contribution in [3.8, 4) is 0 Å². The van der Waals surface area contributed by atoms with Crippen LogP contribution in [0.2, 0.25) is 0 Å². The highest BCUT2D eigenvalue weighted by Gasteiger charge is 2.18. The van der Waals surface area contributed by atoms with Gasteiger partial charge in [0.25, 0.3) is 0 Å². The van der Waals surface area contributed by atoms with E-state index in [1.165, 1.54) is 0 Å². The van der Waals surface area contributed by atoms with Gasteiger partial charge in [0, 0.05) is 0 Å². The van der Waals surface area contributed by atoms with Crippen molar-refractivity contribution >= 4 is 13.2 Å². The molecule has 0 unspecified atom stereocenters. The number of allylic oxidation sites excluding steroid dienone is 5.